The number of carbonyl (C=O) groups is 1. The van der Waals surface area contributed by atoms with Gasteiger partial charge >= 0.3 is 6.16 Å². The number of hydrogen-bond donors (Lipinski definition) is 3. The lowest BCUT2D eigenvalue weighted by Crippen LogP contribution is -2.34. The van der Waals surface area contributed by atoms with Crippen LogP contribution in [0.2, 0.25) is 0 Å². The summed E-state index contributed by atoms with van der Waals surface area (Å²) < 4.78 is 10.3. The summed E-state index contributed by atoms with van der Waals surface area (Å²) in [6.45, 7) is 0. The van der Waals surface area contributed by atoms with E-state index in [0.29, 0.717) is 5.56 Å². The first kappa shape index (κ1) is 14.5. The van der Waals surface area contributed by atoms with Crippen LogP contribution < -0.4 is 9.47 Å². The van der Waals surface area contributed by atoms with Crippen LogP contribution in [-0.4, -0.2) is 27.3 Å². The molecule has 1 heterocycles. The molecule has 0 aromatic heterocycles. The Labute approximate surface area is 126 Å². The van der Waals surface area contributed by atoms with E-state index in [2.05, 4.69) is 4.74 Å². The van der Waals surface area contributed by atoms with Crippen molar-refractivity contribution in [3.05, 3.63) is 59.7 Å². The van der Waals surface area contributed by atoms with E-state index in [1.54, 1.807) is 0 Å². The van der Waals surface area contributed by atoms with E-state index in [1.807, 2.05) is 30.3 Å². The smallest absolute Gasteiger partial charge is 0.453 e. The van der Waals surface area contributed by atoms with E-state index in [1.165, 1.54) is 18.2 Å². The molecular formula is C16H14O6. The third-order valence-corrected chi connectivity index (χ3v) is 3.32. The number of aliphatic hydroxyl groups is 3. The molecule has 6 nitrogen and oxygen atoms in total. The minimum absolute atomic E-state index is 0.0345. The SMILES string of the molecule is O=C1CC(c2ccccc2)Oc2cc(OC(O)(O)O)ccc21. The summed E-state index contributed by atoms with van der Waals surface area (Å²) in [6, 6.07) is 13.5. The second-order valence-corrected chi connectivity index (χ2v) is 4.98. The van der Waals surface area contributed by atoms with Crippen molar-refractivity contribution in [3.63, 3.8) is 0 Å². The number of rotatable bonds is 3. The Kier molecular flexibility index (Phi) is 3.58. The fourth-order valence-electron chi connectivity index (χ4n) is 2.38. The largest absolute Gasteiger partial charge is 0.484 e. The highest BCUT2D eigenvalue weighted by Gasteiger charge is 2.29. The fraction of sp³-hybridized carbons (Fsp3) is 0.188. The molecule has 0 fully saturated rings. The van der Waals surface area contributed by atoms with Crippen molar-refractivity contribution >= 4 is 5.78 Å². The second-order valence-electron chi connectivity index (χ2n) is 4.98. The molecule has 22 heavy (non-hydrogen) atoms. The molecule has 0 saturated heterocycles. The standard InChI is InChI=1S/C16H14O6/c17-13-9-14(10-4-2-1-3-5-10)21-15-8-11(6-7-12(13)15)22-16(18,19)20/h1-8,14,18-20H,9H2. The van der Waals surface area contributed by atoms with Gasteiger partial charge in [0.25, 0.3) is 0 Å². The molecule has 1 unspecified atom stereocenters. The van der Waals surface area contributed by atoms with Gasteiger partial charge in [-0.15, -0.1) is 0 Å². The molecule has 0 amide bonds. The molecule has 2 aromatic carbocycles. The van der Waals surface area contributed by atoms with Gasteiger partial charge in [0.05, 0.1) is 12.0 Å². The zero-order valence-electron chi connectivity index (χ0n) is 11.5. The first-order chi connectivity index (χ1) is 10.4. The van der Waals surface area contributed by atoms with E-state index in [9.17, 15) is 4.79 Å². The van der Waals surface area contributed by atoms with E-state index < -0.39 is 12.3 Å². The summed E-state index contributed by atoms with van der Waals surface area (Å²) in [6.07, 6.45) is -3.48. The number of fused-ring (bicyclic) bond motifs is 1. The Balaban J connectivity index is 1.90. The molecule has 0 spiro atoms. The van der Waals surface area contributed by atoms with Crippen molar-refractivity contribution in [2.75, 3.05) is 0 Å². The summed E-state index contributed by atoms with van der Waals surface area (Å²) >= 11 is 0. The average molecular weight is 302 g/mol. The molecule has 0 aliphatic carbocycles. The molecule has 3 N–H and O–H groups in total. The maximum atomic E-state index is 12.2. The summed E-state index contributed by atoms with van der Waals surface area (Å²) in [5.74, 6) is 0.157. The molecule has 114 valence electrons. The van der Waals surface area contributed by atoms with Crippen molar-refractivity contribution < 1.29 is 29.6 Å². The van der Waals surface area contributed by atoms with E-state index >= 15 is 0 Å². The van der Waals surface area contributed by atoms with Gasteiger partial charge in [0.2, 0.25) is 0 Å². The molecule has 1 aliphatic heterocycles. The first-order valence-electron chi connectivity index (χ1n) is 6.67. The molecule has 0 saturated carbocycles. The van der Waals surface area contributed by atoms with Crippen LogP contribution >= 0.6 is 0 Å². The van der Waals surface area contributed by atoms with Crippen molar-refractivity contribution in [2.45, 2.75) is 18.7 Å². The van der Waals surface area contributed by atoms with Crippen LogP contribution in [-0.2, 0) is 0 Å². The predicted molar refractivity (Wildman–Crippen MR) is 75.2 cm³/mol. The first-order valence-corrected chi connectivity index (χ1v) is 6.67. The Hall–Kier alpha value is -2.41. The Morgan fingerprint density at radius 2 is 1.82 bits per heavy atom. The summed E-state index contributed by atoms with van der Waals surface area (Å²) in [5.41, 5.74) is 1.26. The Morgan fingerprint density at radius 3 is 2.50 bits per heavy atom. The number of carbonyl (C=O) groups excluding carboxylic acids is 1. The van der Waals surface area contributed by atoms with E-state index in [-0.39, 0.29) is 23.7 Å². The molecule has 1 aliphatic rings. The van der Waals surface area contributed by atoms with Gasteiger partial charge in [-0.3, -0.25) is 4.79 Å². The predicted octanol–water partition coefficient (Wildman–Crippen LogP) is 1.36. The molecular weight excluding hydrogens is 288 g/mol. The minimum Gasteiger partial charge on any atom is -0.484 e. The van der Waals surface area contributed by atoms with Gasteiger partial charge in [-0.25, -0.2) is 0 Å². The maximum absolute atomic E-state index is 12.2. The summed E-state index contributed by atoms with van der Waals surface area (Å²) in [4.78, 5) is 12.2. The molecule has 2 aromatic rings. The van der Waals surface area contributed by atoms with Gasteiger partial charge < -0.3 is 24.8 Å². The minimum atomic E-state index is -3.29. The average Bonchev–Trinajstić information content (AvgIpc) is 2.46. The lowest BCUT2D eigenvalue weighted by Gasteiger charge is -2.26. The second kappa shape index (κ2) is 5.42. The van der Waals surface area contributed by atoms with Gasteiger partial charge in [-0.1, -0.05) is 30.3 Å². The Morgan fingerprint density at radius 1 is 1.09 bits per heavy atom. The molecule has 0 bridgehead atoms. The Bertz CT molecular complexity index is 690. The van der Waals surface area contributed by atoms with Crippen molar-refractivity contribution in [3.8, 4) is 11.5 Å². The molecule has 1 atom stereocenters. The van der Waals surface area contributed by atoms with Gasteiger partial charge in [0, 0.05) is 6.07 Å². The highest BCUT2D eigenvalue weighted by atomic mass is 16.9. The van der Waals surface area contributed by atoms with Crippen LogP contribution in [0.15, 0.2) is 48.5 Å². The molecule has 3 rings (SSSR count). The lowest BCUT2D eigenvalue weighted by atomic mass is 9.96. The monoisotopic (exact) mass is 302 g/mol. The molecule has 0 radical (unpaired) electrons. The van der Waals surface area contributed by atoms with Crippen LogP contribution in [0.3, 0.4) is 0 Å². The van der Waals surface area contributed by atoms with Crippen LogP contribution in [0.25, 0.3) is 0 Å². The lowest BCUT2D eigenvalue weighted by molar-refractivity contribution is -0.419. The summed E-state index contributed by atoms with van der Waals surface area (Å²) in [7, 11) is 0. The zero-order valence-corrected chi connectivity index (χ0v) is 11.5. The van der Waals surface area contributed by atoms with E-state index in [4.69, 9.17) is 20.1 Å². The number of ketones is 1. The number of Topliss-reactive ketones (excluding diaryl/α,β-unsaturated/α-hetero) is 1. The quantitative estimate of drug-likeness (QED) is 0.741. The zero-order chi connectivity index (χ0) is 15.7. The topological polar surface area (TPSA) is 96.2 Å². The normalized spacial score (nSPS) is 17.6. The van der Waals surface area contributed by atoms with Gasteiger partial charge in [0.1, 0.15) is 17.6 Å². The van der Waals surface area contributed by atoms with Crippen molar-refractivity contribution in [2.24, 2.45) is 0 Å². The maximum Gasteiger partial charge on any atom is 0.453 e. The van der Waals surface area contributed by atoms with Crippen LogP contribution in [0.4, 0.5) is 0 Å². The number of benzene rings is 2. The molecule has 6 heteroatoms. The third kappa shape index (κ3) is 3.09. The van der Waals surface area contributed by atoms with E-state index in [0.717, 1.165) is 5.56 Å². The highest BCUT2D eigenvalue weighted by molar-refractivity contribution is 6.00. The van der Waals surface area contributed by atoms with Crippen molar-refractivity contribution in [1.82, 2.24) is 0 Å². The van der Waals surface area contributed by atoms with Crippen molar-refractivity contribution in [1.29, 1.82) is 0 Å². The van der Waals surface area contributed by atoms with Gasteiger partial charge in [0.15, 0.2) is 5.78 Å². The highest BCUT2D eigenvalue weighted by Crippen LogP contribution is 2.37. The van der Waals surface area contributed by atoms with Crippen LogP contribution in [0.5, 0.6) is 11.5 Å². The number of hydrogen-bond acceptors (Lipinski definition) is 6. The van der Waals surface area contributed by atoms with Crippen LogP contribution in [0, 0.1) is 0 Å². The fourth-order valence-corrected chi connectivity index (χ4v) is 2.38. The van der Waals surface area contributed by atoms with Gasteiger partial charge in [-0.05, 0) is 17.7 Å². The summed E-state index contributed by atoms with van der Waals surface area (Å²) in [5, 5.41) is 26.5. The number of ether oxygens (including phenoxy) is 2. The third-order valence-electron chi connectivity index (χ3n) is 3.32. The van der Waals surface area contributed by atoms with Crippen LogP contribution in [0.1, 0.15) is 28.4 Å². The van der Waals surface area contributed by atoms with Gasteiger partial charge in [-0.2, -0.15) is 0 Å².